The number of carbonyl (C=O) groups excluding carboxylic acids is 1. The molecular formula is C20H25NO2S. The minimum absolute atomic E-state index is 0.00634. The van der Waals surface area contributed by atoms with E-state index < -0.39 is 0 Å². The van der Waals surface area contributed by atoms with Crippen molar-refractivity contribution in [3.8, 4) is 5.75 Å². The lowest BCUT2D eigenvalue weighted by Crippen LogP contribution is -2.28. The van der Waals surface area contributed by atoms with Crippen molar-refractivity contribution in [1.82, 2.24) is 5.32 Å². The van der Waals surface area contributed by atoms with Gasteiger partial charge in [0.25, 0.3) is 0 Å². The number of hydrogen-bond donors (Lipinski definition) is 1. The monoisotopic (exact) mass is 343 g/mol. The van der Waals surface area contributed by atoms with Gasteiger partial charge in [-0.15, -0.1) is 11.8 Å². The summed E-state index contributed by atoms with van der Waals surface area (Å²) in [6.45, 7) is 6.69. The molecule has 4 heteroatoms. The van der Waals surface area contributed by atoms with Crippen LogP contribution in [-0.2, 0) is 10.5 Å². The minimum Gasteiger partial charge on any atom is -0.494 e. The summed E-state index contributed by atoms with van der Waals surface area (Å²) in [4.78, 5) is 12.1. The predicted octanol–water partition coefficient (Wildman–Crippen LogP) is 4.50. The fourth-order valence-electron chi connectivity index (χ4n) is 2.33. The molecule has 2 aromatic carbocycles. The maximum Gasteiger partial charge on any atom is 0.230 e. The molecule has 128 valence electrons. The molecule has 2 aromatic rings. The van der Waals surface area contributed by atoms with Crippen LogP contribution in [-0.4, -0.2) is 18.3 Å². The molecule has 3 nitrogen and oxygen atoms in total. The second-order valence-electron chi connectivity index (χ2n) is 5.77. The van der Waals surface area contributed by atoms with Crippen LogP contribution in [0.25, 0.3) is 0 Å². The van der Waals surface area contributed by atoms with Gasteiger partial charge in [0, 0.05) is 5.75 Å². The van der Waals surface area contributed by atoms with E-state index >= 15 is 0 Å². The molecule has 0 aliphatic carbocycles. The number of carbonyl (C=O) groups is 1. The van der Waals surface area contributed by atoms with E-state index in [1.807, 2.05) is 38.1 Å². The molecule has 0 aliphatic heterocycles. The van der Waals surface area contributed by atoms with E-state index in [1.165, 1.54) is 11.1 Å². The topological polar surface area (TPSA) is 38.3 Å². The Morgan fingerprint density at radius 3 is 2.42 bits per heavy atom. The van der Waals surface area contributed by atoms with E-state index in [2.05, 4.69) is 36.5 Å². The lowest BCUT2D eigenvalue weighted by molar-refractivity contribution is -0.119. The average Bonchev–Trinajstić information content (AvgIpc) is 2.57. The van der Waals surface area contributed by atoms with Crippen molar-refractivity contribution in [3.05, 3.63) is 65.2 Å². The fourth-order valence-corrected chi connectivity index (χ4v) is 3.13. The van der Waals surface area contributed by atoms with Crippen molar-refractivity contribution in [3.63, 3.8) is 0 Å². The van der Waals surface area contributed by atoms with E-state index in [-0.39, 0.29) is 11.9 Å². The molecule has 1 atom stereocenters. The first-order valence-corrected chi connectivity index (χ1v) is 9.39. The minimum atomic E-state index is -0.00634. The van der Waals surface area contributed by atoms with Crippen molar-refractivity contribution >= 4 is 17.7 Å². The molecule has 0 spiro atoms. The molecular weight excluding hydrogens is 318 g/mol. The van der Waals surface area contributed by atoms with E-state index in [0.29, 0.717) is 12.4 Å². The number of amides is 1. The summed E-state index contributed by atoms with van der Waals surface area (Å²) < 4.78 is 5.43. The number of aryl methyl sites for hydroxylation is 1. The molecule has 0 radical (unpaired) electrons. The smallest absolute Gasteiger partial charge is 0.230 e. The van der Waals surface area contributed by atoms with Gasteiger partial charge in [0.1, 0.15) is 5.75 Å². The van der Waals surface area contributed by atoms with E-state index in [9.17, 15) is 4.79 Å². The first-order chi connectivity index (χ1) is 11.6. The van der Waals surface area contributed by atoms with Crippen molar-refractivity contribution in [2.24, 2.45) is 0 Å². The van der Waals surface area contributed by atoms with Crippen LogP contribution in [0.2, 0.25) is 0 Å². The Morgan fingerprint density at radius 2 is 1.79 bits per heavy atom. The second-order valence-corrected chi connectivity index (χ2v) is 6.76. The van der Waals surface area contributed by atoms with Crippen molar-refractivity contribution in [1.29, 1.82) is 0 Å². The summed E-state index contributed by atoms with van der Waals surface area (Å²) in [5.74, 6) is 2.24. The molecule has 24 heavy (non-hydrogen) atoms. The van der Waals surface area contributed by atoms with Gasteiger partial charge in [-0.1, -0.05) is 42.0 Å². The van der Waals surface area contributed by atoms with E-state index in [4.69, 9.17) is 4.74 Å². The van der Waals surface area contributed by atoms with E-state index in [0.717, 1.165) is 17.1 Å². The van der Waals surface area contributed by atoms with Crippen LogP contribution in [0, 0.1) is 6.92 Å². The first-order valence-electron chi connectivity index (χ1n) is 8.24. The third-order valence-electron chi connectivity index (χ3n) is 3.69. The molecule has 0 aromatic heterocycles. The molecule has 0 bridgehead atoms. The van der Waals surface area contributed by atoms with Crippen molar-refractivity contribution in [2.45, 2.75) is 32.6 Å². The van der Waals surface area contributed by atoms with Gasteiger partial charge in [0.05, 0.1) is 18.4 Å². The Kier molecular flexibility index (Phi) is 7.19. The van der Waals surface area contributed by atoms with Crippen molar-refractivity contribution in [2.75, 3.05) is 12.4 Å². The fraction of sp³-hybridized carbons (Fsp3) is 0.350. The Labute approximate surface area is 148 Å². The molecule has 0 saturated carbocycles. The number of hydrogen-bond acceptors (Lipinski definition) is 3. The average molecular weight is 343 g/mol. The molecule has 0 saturated heterocycles. The standard InChI is InChI=1S/C20H25NO2S/c1-4-23-19-11-9-18(10-12-19)16(3)21-20(22)14-24-13-17-7-5-15(2)6-8-17/h5-12,16H,4,13-14H2,1-3H3,(H,21,22)/t16-/m0/s1. The van der Waals surface area contributed by atoms with Gasteiger partial charge in [-0.25, -0.2) is 0 Å². The normalized spacial score (nSPS) is 11.8. The summed E-state index contributed by atoms with van der Waals surface area (Å²) in [5, 5.41) is 3.04. The zero-order chi connectivity index (χ0) is 17.4. The molecule has 0 fully saturated rings. The van der Waals surface area contributed by atoms with Gasteiger partial charge < -0.3 is 10.1 Å². The lowest BCUT2D eigenvalue weighted by atomic mass is 10.1. The highest BCUT2D eigenvalue weighted by atomic mass is 32.2. The third-order valence-corrected chi connectivity index (χ3v) is 4.69. The number of nitrogens with one attached hydrogen (secondary N) is 1. The summed E-state index contributed by atoms with van der Waals surface area (Å²) in [7, 11) is 0. The van der Waals surface area contributed by atoms with Gasteiger partial charge in [-0.05, 0) is 44.0 Å². The van der Waals surface area contributed by atoms with Crippen molar-refractivity contribution < 1.29 is 9.53 Å². The summed E-state index contributed by atoms with van der Waals surface area (Å²) in [6.07, 6.45) is 0. The number of ether oxygens (including phenoxy) is 1. The number of benzene rings is 2. The van der Waals surface area contributed by atoms with Crippen LogP contribution in [0.15, 0.2) is 48.5 Å². The molecule has 1 amide bonds. The molecule has 0 aliphatic rings. The summed E-state index contributed by atoms with van der Waals surface area (Å²) >= 11 is 1.63. The quantitative estimate of drug-likeness (QED) is 0.767. The SMILES string of the molecule is CCOc1ccc([C@H](C)NC(=O)CSCc2ccc(C)cc2)cc1. The Hall–Kier alpha value is -1.94. The maximum absolute atomic E-state index is 12.1. The number of rotatable bonds is 8. The largest absolute Gasteiger partial charge is 0.494 e. The summed E-state index contributed by atoms with van der Waals surface area (Å²) in [5.41, 5.74) is 3.58. The zero-order valence-corrected chi connectivity index (χ0v) is 15.4. The van der Waals surface area contributed by atoms with Gasteiger partial charge in [0.2, 0.25) is 5.91 Å². The van der Waals surface area contributed by atoms with Crippen LogP contribution in [0.5, 0.6) is 5.75 Å². The van der Waals surface area contributed by atoms with Crippen LogP contribution in [0.1, 0.15) is 36.6 Å². The van der Waals surface area contributed by atoms with Gasteiger partial charge in [-0.2, -0.15) is 0 Å². The van der Waals surface area contributed by atoms with Crippen LogP contribution >= 0.6 is 11.8 Å². The highest BCUT2D eigenvalue weighted by molar-refractivity contribution is 7.99. The zero-order valence-electron chi connectivity index (χ0n) is 14.5. The Bertz CT molecular complexity index is 638. The van der Waals surface area contributed by atoms with Gasteiger partial charge >= 0.3 is 0 Å². The Balaban J connectivity index is 1.75. The van der Waals surface area contributed by atoms with Crippen LogP contribution < -0.4 is 10.1 Å². The lowest BCUT2D eigenvalue weighted by Gasteiger charge is -2.15. The molecule has 0 heterocycles. The predicted molar refractivity (Wildman–Crippen MR) is 102 cm³/mol. The van der Waals surface area contributed by atoms with Gasteiger partial charge in [0.15, 0.2) is 0 Å². The molecule has 2 rings (SSSR count). The molecule has 1 N–H and O–H groups in total. The van der Waals surface area contributed by atoms with Crippen LogP contribution in [0.3, 0.4) is 0 Å². The maximum atomic E-state index is 12.1. The number of thioether (sulfide) groups is 1. The van der Waals surface area contributed by atoms with Gasteiger partial charge in [-0.3, -0.25) is 4.79 Å². The summed E-state index contributed by atoms with van der Waals surface area (Å²) in [6, 6.07) is 16.3. The molecule has 0 unspecified atom stereocenters. The Morgan fingerprint density at radius 1 is 1.12 bits per heavy atom. The van der Waals surface area contributed by atoms with E-state index in [1.54, 1.807) is 11.8 Å². The van der Waals surface area contributed by atoms with Crippen LogP contribution in [0.4, 0.5) is 0 Å². The second kappa shape index (κ2) is 9.38. The highest BCUT2D eigenvalue weighted by Crippen LogP contribution is 2.18. The third kappa shape index (κ3) is 5.93. The first kappa shape index (κ1) is 18.4. The highest BCUT2D eigenvalue weighted by Gasteiger charge is 2.10.